The molecule has 0 unspecified atom stereocenters. The van der Waals surface area contributed by atoms with Crippen LogP contribution in [0.1, 0.15) is 33.4 Å². The van der Waals surface area contributed by atoms with Gasteiger partial charge in [0, 0.05) is 27.9 Å². The van der Waals surface area contributed by atoms with E-state index in [1.165, 1.54) is 5.56 Å². The second-order valence-electron chi connectivity index (χ2n) is 6.02. The molecule has 0 saturated carbocycles. The Morgan fingerprint density at radius 1 is 0.600 bits per heavy atom. The molecule has 0 saturated heterocycles. The fourth-order valence-electron chi connectivity index (χ4n) is 2.37. The molecule has 1 heteroatoms. The van der Waals surface area contributed by atoms with Gasteiger partial charge in [0.1, 0.15) is 0 Å². The predicted octanol–water partition coefficient (Wildman–Crippen LogP) is 4.69. The highest BCUT2D eigenvalue weighted by Crippen LogP contribution is 2.11. The third-order valence-corrected chi connectivity index (χ3v) is 3.88. The maximum absolute atomic E-state index is 5.69. The van der Waals surface area contributed by atoms with Crippen LogP contribution in [0.4, 0.5) is 5.69 Å². The highest BCUT2D eigenvalue weighted by atomic mass is 14.5. The molecular weight excluding hydrogens is 302 g/mol. The lowest BCUT2D eigenvalue weighted by atomic mass is 10.0. The number of aryl methyl sites for hydroxylation is 2. The van der Waals surface area contributed by atoms with Crippen molar-refractivity contribution < 1.29 is 0 Å². The summed E-state index contributed by atoms with van der Waals surface area (Å²) in [5, 5.41) is 0. The summed E-state index contributed by atoms with van der Waals surface area (Å²) in [5.41, 5.74) is 12.8. The molecule has 0 aliphatic rings. The van der Waals surface area contributed by atoms with Crippen molar-refractivity contribution in [1.82, 2.24) is 0 Å². The lowest BCUT2D eigenvalue weighted by Gasteiger charge is -1.99. The molecule has 0 heterocycles. The Balaban J connectivity index is 1.80. The van der Waals surface area contributed by atoms with Crippen LogP contribution in [0, 0.1) is 37.5 Å². The van der Waals surface area contributed by atoms with E-state index in [0.717, 1.165) is 33.5 Å². The quantitative estimate of drug-likeness (QED) is 0.472. The molecule has 0 atom stereocenters. The standard InChI is InChI=1S/C24H19N/c1-18-3-5-20(6-4-18)7-8-22-10-14-23(19(2)17-22)13-9-21-11-15-24(25)16-12-21/h3-6,10-12,14-17H,25H2,1-2H3. The van der Waals surface area contributed by atoms with Crippen LogP contribution in [0.2, 0.25) is 0 Å². The Bertz CT molecular complexity index is 1000. The molecule has 1 nitrogen and oxygen atoms in total. The summed E-state index contributed by atoms with van der Waals surface area (Å²) < 4.78 is 0. The van der Waals surface area contributed by atoms with E-state index in [0.29, 0.717) is 0 Å². The lowest BCUT2D eigenvalue weighted by molar-refractivity contribution is 1.42. The highest BCUT2D eigenvalue weighted by molar-refractivity contribution is 5.52. The third-order valence-electron chi connectivity index (χ3n) is 3.88. The fraction of sp³-hybridized carbons (Fsp3) is 0.0833. The first-order valence-electron chi connectivity index (χ1n) is 8.17. The minimum absolute atomic E-state index is 0.748. The number of benzene rings is 3. The third kappa shape index (κ3) is 4.54. The minimum Gasteiger partial charge on any atom is -0.399 e. The average molecular weight is 321 g/mol. The normalized spacial score (nSPS) is 9.52. The van der Waals surface area contributed by atoms with Gasteiger partial charge in [0.05, 0.1) is 0 Å². The topological polar surface area (TPSA) is 26.0 Å². The van der Waals surface area contributed by atoms with Crippen LogP contribution in [0.3, 0.4) is 0 Å². The molecular formula is C24H19N. The van der Waals surface area contributed by atoms with Crippen LogP contribution in [0.15, 0.2) is 66.7 Å². The molecule has 0 bridgehead atoms. The van der Waals surface area contributed by atoms with Gasteiger partial charge in [-0.1, -0.05) is 41.4 Å². The zero-order chi connectivity index (χ0) is 17.6. The van der Waals surface area contributed by atoms with Crippen molar-refractivity contribution >= 4 is 5.69 Å². The zero-order valence-corrected chi connectivity index (χ0v) is 14.4. The molecule has 0 fully saturated rings. The van der Waals surface area contributed by atoms with Gasteiger partial charge in [-0.15, -0.1) is 0 Å². The van der Waals surface area contributed by atoms with Gasteiger partial charge in [-0.2, -0.15) is 0 Å². The van der Waals surface area contributed by atoms with E-state index in [9.17, 15) is 0 Å². The highest BCUT2D eigenvalue weighted by Gasteiger charge is 1.96. The first kappa shape index (κ1) is 16.4. The Hall–Kier alpha value is -3.42. The van der Waals surface area contributed by atoms with E-state index in [-0.39, 0.29) is 0 Å². The summed E-state index contributed by atoms with van der Waals surface area (Å²) >= 11 is 0. The van der Waals surface area contributed by atoms with Crippen LogP contribution in [-0.2, 0) is 0 Å². The lowest BCUT2D eigenvalue weighted by Crippen LogP contribution is -1.86. The van der Waals surface area contributed by atoms with Gasteiger partial charge in [-0.25, -0.2) is 0 Å². The summed E-state index contributed by atoms with van der Waals surface area (Å²) in [5.74, 6) is 12.8. The van der Waals surface area contributed by atoms with Crippen molar-refractivity contribution in [2.75, 3.05) is 5.73 Å². The van der Waals surface area contributed by atoms with Gasteiger partial charge in [0.25, 0.3) is 0 Å². The molecule has 0 spiro atoms. The molecule has 0 aliphatic heterocycles. The Morgan fingerprint density at radius 3 is 1.76 bits per heavy atom. The van der Waals surface area contributed by atoms with Gasteiger partial charge in [0.15, 0.2) is 0 Å². The Labute approximate surface area is 149 Å². The second kappa shape index (κ2) is 7.43. The molecule has 0 aliphatic carbocycles. The number of rotatable bonds is 0. The maximum atomic E-state index is 5.69. The number of nitrogens with two attached hydrogens (primary N) is 1. The van der Waals surface area contributed by atoms with E-state index in [4.69, 9.17) is 5.73 Å². The molecule has 0 amide bonds. The molecule has 0 radical (unpaired) electrons. The Morgan fingerprint density at radius 2 is 1.12 bits per heavy atom. The zero-order valence-electron chi connectivity index (χ0n) is 14.4. The number of hydrogen-bond acceptors (Lipinski definition) is 1. The van der Waals surface area contributed by atoms with E-state index in [1.54, 1.807) is 0 Å². The van der Waals surface area contributed by atoms with Crippen LogP contribution >= 0.6 is 0 Å². The van der Waals surface area contributed by atoms with Gasteiger partial charge in [0.2, 0.25) is 0 Å². The Kier molecular flexibility index (Phi) is 4.89. The SMILES string of the molecule is Cc1ccc(C#Cc2ccc(C#Cc3ccc(N)cc3)c(C)c2)cc1. The number of anilines is 1. The van der Waals surface area contributed by atoms with E-state index < -0.39 is 0 Å². The summed E-state index contributed by atoms with van der Waals surface area (Å²) in [7, 11) is 0. The van der Waals surface area contributed by atoms with E-state index in [2.05, 4.69) is 55.7 Å². The smallest absolute Gasteiger partial charge is 0.0314 e. The first-order valence-corrected chi connectivity index (χ1v) is 8.17. The predicted molar refractivity (Wildman–Crippen MR) is 105 cm³/mol. The van der Waals surface area contributed by atoms with Crippen LogP contribution in [0.25, 0.3) is 0 Å². The van der Waals surface area contributed by atoms with Crippen molar-refractivity contribution in [3.05, 3.63) is 100 Å². The van der Waals surface area contributed by atoms with Crippen LogP contribution in [-0.4, -0.2) is 0 Å². The maximum Gasteiger partial charge on any atom is 0.0314 e. The van der Waals surface area contributed by atoms with Crippen LogP contribution < -0.4 is 5.73 Å². The van der Waals surface area contributed by atoms with Crippen molar-refractivity contribution in [3.8, 4) is 23.7 Å². The van der Waals surface area contributed by atoms with E-state index >= 15 is 0 Å². The summed E-state index contributed by atoms with van der Waals surface area (Å²) in [6.07, 6.45) is 0. The number of nitrogen functional groups attached to an aromatic ring is 1. The molecule has 0 aromatic heterocycles. The molecule has 3 rings (SSSR count). The van der Waals surface area contributed by atoms with Gasteiger partial charge in [-0.05, 0) is 74.0 Å². The van der Waals surface area contributed by atoms with Crippen molar-refractivity contribution in [2.45, 2.75) is 13.8 Å². The molecule has 2 N–H and O–H groups in total. The summed E-state index contributed by atoms with van der Waals surface area (Å²) in [6, 6.07) is 21.9. The second-order valence-corrected chi connectivity index (χ2v) is 6.02. The summed E-state index contributed by atoms with van der Waals surface area (Å²) in [6.45, 7) is 4.13. The monoisotopic (exact) mass is 321 g/mol. The van der Waals surface area contributed by atoms with Crippen molar-refractivity contribution in [1.29, 1.82) is 0 Å². The molecule has 3 aromatic carbocycles. The average Bonchev–Trinajstić information content (AvgIpc) is 2.62. The first-order chi connectivity index (χ1) is 12.1. The molecule has 25 heavy (non-hydrogen) atoms. The van der Waals surface area contributed by atoms with Crippen LogP contribution in [0.5, 0.6) is 0 Å². The van der Waals surface area contributed by atoms with Gasteiger partial charge < -0.3 is 5.73 Å². The summed E-state index contributed by atoms with van der Waals surface area (Å²) in [4.78, 5) is 0. The molecule has 3 aromatic rings. The minimum atomic E-state index is 0.748. The van der Waals surface area contributed by atoms with Gasteiger partial charge >= 0.3 is 0 Å². The van der Waals surface area contributed by atoms with Gasteiger partial charge in [-0.3, -0.25) is 0 Å². The van der Waals surface area contributed by atoms with Crippen molar-refractivity contribution in [3.63, 3.8) is 0 Å². The molecule has 120 valence electrons. The fourth-order valence-corrected chi connectivity index (χ4v) is 2.37. The largest absolute Gasteiger partial charge is 0.399 e. The number of hydrogen-bond donors (Lipinski definition) is 1. The van der Waals surface area contributed by atoms with Crippen molar-refractivity contribution in [2.24, 2.45) is 0 Å². The van der Waals surface area contributed by atoms with E-state index in [1.807, 2.05) is 48.5 Å².